The molecule has 2 aliphatic heterocycles. The minimum Gasteiger partial charge on any atom is -0.481 e. The van der Waals surface area contributed by atoms with Gasteiger partial charge in [-0.05, 0) is 50.6 Å². The zero-order valence-electron chi connectivity index (χ0n) is 16.1. The van der Waals surface area contributed by atoms with Gasteiger partial charge < -0.3 is 20.6 Å². The molecule has 0 saturated carbocycles. The van der Waals surface area contributed by atoms with Gasteiger partial charge in [-0.25, -0.2) is 4.79 Å². The molecule has 9 heteroatoms. The van der Waals surface area contributed by atoms with Crippen LogP contribution < -0.4 is 10.6 Å². The van der Waals surface area contributed by atoms with Crippen LogP contribution in [-0.4, -0.2) is 72.2 Å². The standard InChI is InChI=1S/C19H28N4O3.2ClH/c1-14(18(24)25)15-3-2-4-16(13-15)21-19(26)23-11-9-22(10-12-23)17-5-7-20-8-6-17;;/h2-4,13-14,17,20H,5-12H2,1H3,(H,21,26)(H,24,25);2*1H. The molecule has 7 nitrogen and oxygen atoms in total. The average molecular weight is 433 g/mol. The Morgan fingerprint density at radius 1 is 1.14 bits per heavy atom. The first-order chi connectivity index (χ1) is 12.5. The van der Waals surface area contributed by atoms with Crippen LogP contribution in [0.1, 0.15) is 31.2 Å². The third-order valence-corrected chi connectivity index (χ3v) is 5.43. The number of hydrogen-bond donors (Lipinski definition) is 3. The highest BCUT2D eigenvalue weighted by atomic mass is 35.5. The molecule has 0 radical (unpaired) electrons. The molecule has 0 aromatic heterocycles. The van der Waals surface area contributed by atoms with Crippen molar-refractivity contribution in [3.63, 3.8) is 0 Å². The van der Waals surface area contributed by atoms with Crippen LogP contribution in [0.2, 0.25) is 0 Å². The van der Waals surface area contributed by atoms with Crippen molar-refractivity contribution in [2.45, 2.75) is 31.7 Å². The van der Waals surface area contributed by atoms with Crippen LogP contribution in [0.5, 0.6) is 0 Å². The van der Waals surface area contributed by atoms with E-state index in [2.05, 4.69) is 15.5 Å². The van der Waals surface area contributed by atoms with Crippen molar-refractivity contribution in [2.75, 3.05) is 44.6 Å². The van der Waals surface area contributed by atoms with E-state index in [1.165, 1.54) is 12.8 Å². The molecule has 3 rings (SSSR count). The molecule has 2 amide bonds. The predicted octanol–water partition coefficient (Wildman–Crippen LogP) is 2.62. The lowest BCUT2D eigenvalue weighted by Gasteiger charge is -2.40. The van der Waals surface area contributed by atoms with Crippen molar-refractivity contribution in [3.8, 4) is 0 Å². The Balaban J connectivity index is 0.00000196. The fourth-order valence-electron chi connectivity index (χ4n) is 3.69. The summed E-state index contributed by atoms with van der Waals surface area (Å²) in [6, 6.07) is 7.60. The van der Waals surface area contributed by atoms with Gasteiger partial charge in [0, 0.05) is 37.9 Å². The van der Waals surface area contributed by atoms with E-state index >= 15 is 0 Å². The molecule has 1 aromatic carbocycles. The van der Waals surface area contributed by atoms with Crippen molar-refractivity contribution in [3.05, 3.63) is 29.8 Å². The van der Waals surface area contributed by atoms with Crippen molar-refractivity contribution < 1.29 is 14.7 Å². The predicted molar refractivity (Wildman–Crippen MR) is 115 cm³/mol. The number of hydrogen-bond acceptors (Lipinski definition) is 4. The SMILES string of the molecule is CC(C(=O)O)c1cccc(NC(=O)N2CCN(C3CCNCC3)CC2)c1.Cl.Cl. The average Bonchev–Trinajstić information content (AvgIpc) is 2.68. The minimum atomic E-state index is -0.873. The molecule has 2 fully saturated rings. The number of carbonyl (C=O) groups is 2. The van der Waals surface area contributed by atoms with Gasteiger partial charge in [0.05, 0.1) is 5.92 Å². The molecule has 2 saturated heterocycles. The van der Waals surface area contributed by atoms with Gasteiger partial charge >= 0.3 is 12.0 Å². The number of carbonyl (C=O) groups excluding carboxylic acids is 1. The van der Waals surface area contributed by atoms with Crippen LogP contribution in [0.25, 0.3) is 0 Å². The Bertz CT molecular complexity index is 648. The normalized spacial score (nSPS) is 19.1. The fraction of sp³-hybridized carbons (Fsp3) is 0.579. The van der Waals surface area contributed by atoms with Gasteiger partial charge in [-0.3, -0.25) is 9.69 Å². The summed E-state index contributed by atoms with van der Waals surface area (Å²) in [4.78, 5) is 28.0. The smallest absolute Gasteiger partial charge is 0.321 e. The number of benzene rings is 1. The molecular weight excluding hydrogens is 403 g/mol. The molecule has 1 atom stereocenters. The first kappa shape index (κ1) is 24.5. The maximum Gasteiger partial charge on any atom is 0.321 e. The summed E-state index contributed by atoms with van der Waals surface area (Å²) in [5.74, 6) is -1.47. The van der Waals surface area contributed by atoms with E-state index in [9.17, 15) is 9.59 Å². The zero-order valence-corrected chi connectivity index (χ0v) is 17.7. The summed E-state index contributed by atoms with van der Waals surface area (Å²) in [7, 11) is 0. The summed E-state index contributed by atoms with van der Waals surface area (Å²) in [6.07, 6.45) is 2.36. The first-order valence-electron chi connectivity index (χ1n) is 9.38. The fourth-order valence-corrected chi connectivity index (χ4v) is 3.69. The number of aliphatic carboxylic acids is 1. The number of nitrogens with one attached hydrogen (secondary N) is 2. The quantitative estimate of drug-likeness (QED) is 0.680. The highest BCUT2D eigenvalue weighted by Crippen LogP contribution is 2.20. The second kappa shape index (κ2) is 11.5. The number of piperidine rings is 1. The topological polar surface area (TPSA) is 84.9 Å². The van der Waals surface area contributed by atoms with Crippen molar-refractivity contribution in [1.29, 1.82) is 0 Å². The Labute approximate surface area is 178 Å². The Morgan fingerprint density at radius 3 is 2.39 bits per heavy atom. The van der Waals surface area contributed by atoms with E-state index in [4.69, 9.17) is 5.11 Å². The van der Waals surface area contributed by atoms with E-state index in [1.807, 2.05) is 4.90 Å². The van der Waals surface area contributed by atoms with Gasteiger partial charge in [0.15, 0.2) is 0 Å². The molecule has 3 N–H and O–H groups in total. The monoisotopic (exact) mass is 432 g/mol. The molecule has 2 heterocycles. The number of piperazine rings is 1. The van der Waals surface area contributed by atoms with Gasteiger partial charge in [0.1, 0.15) is 0 Å². The number of nitrogens with zero attached hydrogens (tertiary/aromatic N) is 2. The number of carboxylic acid groups (broad SMARTS) is 1. The Hall–Kier alpha value is -1.54. The number of anilines is 1. The summed E-state index contributed by atoms with van der Waals surface area (Å²) >= 11 is 0. The Morgan fingerprint density at radius 2 is 1.79 bits per heavy atom. The lowest BCUT2D eigenvalue weighted by Crippen LogP contribution is -2.54. The Kier molecular flexibility index (Phi) is 10.0. The van der Waals surface area contributed by atoms with Crippen LogP contribution in [0, 0.1) is 0 Å². The van der Waals surface area contributed by atoms with E-state index in [0.717, 1.165) is 39.3 Å². The maximum atomic E-state index is 12.5. The van der Waals surface area contributed by atoms with Crippen molar-refractivity contribution >= 4 is 42.5 Å². The van der Waals surface area contributed by atoms with Crippen LogP contribution in [0.15, 0.2) is 24.3 Å². The molecule has 2 aliphatic rings. The summed E-state index contributed by atoms with van der Waals surface area (Å²) in [5, 5.41) is 15.4. The molecule has 28 heavy (non-hydrogen) atoms. The molecule has 0 bridgehead atoms. The van der Waals surface area contributed by atoms with Crippen LogP contribution in [0.3, 0.4) is 0 Å². The number of rotatable bonds is 4. The molecule has 158 valence electrons. The number of amides is 2. The number of halogens is 2. The van der Waals surface area contributed by atoms with Gasteiger partial charge in [-0.15, -0.1) is 24.8 Å². The lowest BCUT2D eigenvalue weighted by atomic mass is 10.0. The summed E-state index contributed by atoms with van der Waals surface area (Å²) in [5.41, 5.74) is 1.33. The third-order valence-electron chi connectivity index (χ3n) is 5.43. The maximum absolute atomic E-state index is 12.5. The van der Waals surface area contributed by atoms with Crippen molar-refractivity contribution in [2.24, 2.45) is 0 Å². The van der Waals surface area contributed by atoms with Crippen LogP contribution in [-0.2, 0) is 4.79 Å². The molecule has 0 spiro atoms. The lowest BCUT2D eigenvalue weighted by molar-refractivity contribution is -0.138. The van der Waals surface area contributed by atoms with Gasteiger partial charge in [-0.2, -0.15) is 0 Å². The second-order valence-electron chi connectivity index (χ2n) is 7.12. The summed E-state index contributed by atoms with van der Waals surface area (Å²) in [6.45, 7) is 7.07. The van der Waals surface area contributed by atoms with E-state index < -0.39 is 11.9 Å². The molecule has 0 aliphatic carbocycles. The molecule has 1 aromatic rings. The third kappa shape index (κ3) is 6.24. The highest BCUT2D eigenvalue weighted by molar-refractivity contribution is 5.89. The summed E-state index contributed by atoms with van der Waals surface area (Å²) < 4.78 is 0. The zero-order chi connectivity index (χ0) is 18.5. The molecule has 1 unspecified atom stereocenters. The minimum absolute atomic E-state index is 0. The number of urea groups is 1. The largest absolute Gasteiger partial charge is 0.481 e. The van der Waals surface area contributed by atoms with Crippen LogP contribution in [0.4, 0.5) is 10.5 Å². The second-order valence-corrected chi connectivity index (χ2v) is 7.12. The van der Waals surface area contributed by atoms with Crippen molar-refractivity contribution in [1.82, 2.24) is 15.1 Å². The van der Waals surface area contributed by atoms with Gasteiger partial charge in [-0.1, -0.05) is 12.1 Å². The van der Waals surface area contributed by atoms with E-state index in [0.29, 0.717) is 17.3 Å². The van der Waals surface area contributed by atoms with E-state index in [1.54, 1.807) is 31.2 Å². The first-order valence-corrected chi connectivity index (χ1v) is 9.38. The van der Waals surface area contributed by atoms with Gasteiger partial charge in [0.25, 0.3) is 0 Å². The number of carboxylic acids is 1. The van der Waals surface area contributed by atoms with Crippen LogP contribution >= 0.6 is 24.8 Å². The van der Waals surface area contributed by atoms with E-state index in [-0.39, 0.29) is 30.8 Å². The highest BCUT2D eigenvalue weighted by Gasteiger charge is 2.27. The van der Waals surface area contributed by atoms with Gasteiger partial charge in [0.2, 0.25) is 0 Å². The molecular formula is C19H30Cl2N4O3.